The first-order valence-corrected chi connectivity index (χ1v) is 10.4. The summed E-state index contributed by atoms with van der Waals surface area (Å²) in [6.07, 6.45) is 10.6. The Morgan fingerprint density at radius 1 is 0.964 bits per heavy atom. The summed E-state index contributed by atoms with van der Waals surface area (Å²) in [4.78, 5) is 0. The monoisotopic (exact) mass is 384 g/mol. The van der Waals surface area contributed by atoms with E-state index in [-0.39, 0.29) is 11.7 Å². The highest BCUT2D eigenvalue weighted by Crippen LogP contribution is 2.39. The largest absolute Gasteiger partial charge is 0.491 e. The van der Waals surface area contributed by atoms with E-state index in [1.807, 2.05) is 0 Å². The molecular weight excluding hydrogens is 354 g/mol. The van der Waals surface area contributed by atoms with Crippen LogP contribution in [0.2, 0.25) is 0 Å². The van der Waals surface area contributed by atoms with Crippen molar-refractivity contribution in [3.8, 4) is 5.75 Å². The fourth-order valence-corrected chi connectivity index (χ4v) is 4.05. The Morgan fingerprint density at radius 2 is 1.68 bits per heavy atom. The lowest BCUT2D eigenvalue weighted by Crippen LogP contribution is -2.14. The first-order valence-electron chi connectivity index (χ1n) is 10.4. The van der Waals surface area contributed by atoms with Gasteiger partial charge >= 0.3 is 0 Å². The van der Waals surface area contributed by atoms with Gasteiger partial charge in [0.2, 0.25) is 5.82 Å². The maximum absolute atomic E-state index is 14.4. The van der Waals surface area contributed by atoms with Gasteiger partial charge in [-0.15, -0.1) is 0 Å². The zero-order chi connectivity index (χ0) is 19.9. The van der Waals surface area contributed by atoms with E-state index in [0.717, 1.165) is 38.5 Å². The molecule has 0 bridgehead atoms. The second kappa shape index (κ2) is 9.86. The highest BCUT2D eigenvalue weighted by Gasteiger charge is 2.25. The average Bonchev–Trinajstić information content (AvgIpc) is 2.71. The van der Waals surface area contributed by atoms with E-state index in [1.165, 1.54) is 11.1 Å². The fraction of sp³-hybridized carbons (Fsp3) is 0.440. The van der Waals surface area contributed by atoms with Gasteiger partial charge in [0, 0.05) is 0 Å². The predicted molar refractivity (Wildman–Crippen MR) is 111 cm³/mol. The molecule has 0 heterocycles. The Morgan fingerprint density at radius 3 is 2.36 bits per heavy atom. The summed E-state index contributed by atoms with van der Waals surface area (Å²) >= 11 is 0. The zero-order valence-corrected chi connectivity index (χ0v) is 16.9. The average molecular weight is 385 g/mol. The molecule has 1 aliphatic carbocycles. The molecule has 3 heteroatoms. The minimum atomic E-state index is -0.850. The first kappa shape index (κ1) is 20.6. The third-order valence-corrected chi connectivity index (χ3v) is 5.72. The van der Waals surface area contributed by atoms with Gasteiger partial charge in [0.15, 0.2) is 11.6 Å². The van der Waals surface area contributed by atoms with E-state index in [0.29, 0.717) is 18.1 Å². The van der Waals surface area contributed by atoms with Gasteiger partial charge in [-0.1, -0.05) is 48.0 Å². The number of benzene rings is 2. The van der Waals surface area contributed by atoms with E-state index < -0.39 is 11.6 Å². The lowest BCUT2D eigenvalue weighted by atomic mass is 9.78. The van der Waals surface area contributed by atoms with Crippen LogP contribution < -0.4 is 4.74 Å². The van der Waals surface area contributed by atoms with E-state index in [4.69, 9.17) is 4.74 Å². The topological polar surface area (TPSA) is 9.23 Å². The van der Waals surface area contributed by atoms with Crippen LogP contribution in [-0.2, 0) is 6.42 Å². The molecule has 0 N–H and O–H groups in total. The summed E-state index contributed by atoms with van der Waals surface area (Å²) < 4.78 is 33.7. The summed E-state index contributed by atoms with van der Waals surface area (Å²) in [6.45, 7) is 4.20. The molecule has 1 fully saturated rings. The van der Waals surface area contributed by atoms with Crippen molar-refractivity contribution in [1.82, 2.24) is 0 Å². The van der Waals surface area contributed by atoms with Crippen molar-refractivity contribution in [1.29, 1.82) is 0 Å². The van der Waals surface area contributed by atoms with Crippen molar-refractivity contribution >= 4 is 0 Å². The van der Waals surface area contributed by atoms with Crippen LogP contribution in [0.15, 0.2) is 48.6 Å². The second-order valence-electron chi connectivity index (χ2n) is 7.78. The van der Waals surface area contributed by atoms with Crippen molar-refractivity contribution in [3.05, 3.63) is 76.9 Å². The number of ether oxygens (including phenoxy) is 1. The quantitative estimate of drug-likeness (QED) is 0.461. The Kier molecular flexibility index (Phi) is 7.24. The Balaban J connectivity index is 1.49. The van der Waals surface area contributed by atoms with Gasteiger partial charge in [-0.25, -0.2) is 4.39 Å². The molecule has 2 aromatic rings. The van der Waals surface area contributed by atoms with Crippen LogP contribution in [0.5, 0.6) is 5.75 Å². The molecule has 0 amide bonds. The van der Waals surface area contributed by atoms with Gasteiger partial charge in [-0.05, 0) is 81.4 Å². The standard InChI is InChI=1S/C25H30F2O/c1-3-28-23-17-16-22(24(26)25(23)27)21-14-12-20(13-15-21)7-5-4-6-19-10-8-18(2)9-11-19/h5,7-11,16-17,20-21H,3-4,6,12-15H2,1-2H3. The fourth-order valence-electron chi connectivity index (χ4n) is 4.05. The van der Waals surface area contributed by atoms with Crippen LogP contribution in [0.25, 0.3) is 0 Å². The summed E-state index contributed by atoms with van der Waals surface area (Å²) in [7, 11) is 0. The first-order chi connectivity index (χ1) is 13.6. The molecule has 0 aromatic heterocycles. The van der Waals surface area contributed by atoms with Gasteiger partial charge in [0.25, 0.3) is 0 Å². The van der Waals surface area contributed by atoms with Gasteiger partial charge < -0.3 is 4.74 Å². The Labute approximate surface area is 167 Å². The van der Waals surface area contributed by atoms with Crippen molar-refractivity contribution in [3.63, 3.8) is 0 Å². The number of hydrogen-bond donors (Lipinski definition) is 0. The van der Waals surface area contributed by atoms with Gasteiger partial charge in [0.1, 0.15) is 0 Å². The maximum atomic E-state index is 14.4. The lowest BCUT2D eigenvalue weighted by Gasteiger charge is -2.27. The minimum Gasteiger partial charge on any atom is -0.491 e. The van der Waals surface area contributed by atoms with E-state index in [9.17, 15) is 8.78 Å². The van der Waals surface area contributed by atoms with Gasteiger partial charge in [0.05, 0.1) is 6.61 Å². The molecule has 28 heavy (non-hydrogen) atoms. The molecule has 0 atom stereocenters. The van der Waals surface area contributed by atoms with Crippen molar-refractivity contribution in [2.24, 2.45) is 5.92 Å². The van der Waals surface area contributed by atoms with Crippen LogP contribution in [0.3, 0.4) is 0 Å². The summed E-state index contributed by atoms with van der Waals surface area (Å²) in [5.74, 6) is -0.929. The number of aryl methyl sites for hydroxylation is 2. The number of halogens is 2. The SMILES string of the molecule is CCOc1ccc(C2CCC(C=CCCc3ccc(C)cc3)CC2)c(F)c1F. The maximum Gasteiger partial charge on any atom is 0.200 e. The van der Waals surface area contributed by atoms with E-state index in [2.05, 4.69) is 43.3 Å². The highest BCUT2D eigenvalue weighted by atomic mass is 19.2. The number of rotatable bonds is 7. The Bertz CT molecular complexity index is 787. The molecule has 0 spiro atoms. The molecule has 1 nitrogen and oxygen atoms in total. The molecule has 1 aliphatic rings. The zero-order valence-electron chi connectivity index (χ0n) is 16.9. The third-order valence-electron chi connectivity index (χ3n) is 5.72. The molecule has 0 saturated heterocycles. The third kappa shape index (κ3) is 5.21. The van der Waals surface area contributed by atoms with Crippen LogP contribution in [0, 0.1) is 24.5 Å². The molecule has 0 unspecified atom stereocenters. The normalized spacial score (nSPS) is 19.9. The molecule has 0 aliphatic heterocycles. The second-order valence-corrected chi connectivity index (χ2v) is 7.78. The number of allylic oxidation sites excluding steroid dienone is 2. The molecule has 2 aromatic carbocycles. The van der Waals surface area contributed by atoms with Crippen molar-refractivity contribution in [2.75, 3.05) is 6.61 Å². The minimum absolute atomic E-state index is 0.00828. The molecule has 1 saturated carbocycles. The lowest BCUT2D eigenvalue weighted by molar-refractivity contribution is 0.310. The predicted octanol–water partition coefficient (Wildman–Crippen LogP) is 7.13. The molecular formula is C25H30F2O. The summed E-state index contributed by atoms with van der Waals surface area (Å²) in [6, 6.07) is 12.0. The molecule has 3 rings (SSSR count). The van der Waals surface area contributed by atoms with Crippen LogP contribution >= 0.6 is 0 Å². The van der Waals surface area contributed by atoms with Crippen LogP contribution in [-0.4, -0.2) is 6.61 Å². The summed E-state index contributed by atoms with van der Waals surface area (Å²) in [5, 5.41) is 0. The van der Waals surface area contributed by atoms with Gasteiger partial charge in [-0.3, -0.25) is 0 Å². The summed E-state index contributed by atoms with van der Waals surface area (Å²) in [5.41, 5.74) is 3.16. The highest BCUT2D eigenvalue weighted by molar-refractivity contribution is 5.33. The van der Waals surface area contributed by atoms with E-state index in [1.54, 1.807) is 19.1 Å². The van der Waals surface area contributed by atoms with Crippen LogP contribution in [0.4, 0.5) is 8.78 Å². The van der Waals surface area contributed by atoms with Crippen LogP contribution in [0.1, 0.15) is 61.6 Å². The van der Waals surface area contributed by atoms with Crippen molar-refractivity contribution in [2.45, 2.75) is 58.3 Å². The van der Waals surface area contributed by atoms with Gasteiger partial charge in [-0.2, -0.15) is 4.39 Å². The number of hydrogen-bond acceptors (Lipinski definition) is 1. The smallest absolute Gasteiger partial charge is 0.200 e. The van der Waals surface area contributed by atoms with E-state index >= 15 is 0 Å². The molecule has 0 radical (unpaired) electrons. The molecule has 150 valence electrons. The van der Waals surface area contributed by atoms with Crippen molar-refractivity contribution < 1.29 is 13.5 Å². The Hall–Kier alpha value is -2.16.